The quantitative estimate of drug-likeness (QED) is 0.675. The van der Waals surface area contributed by atoms with Crippen LogP contribution >= 0.6 is 11.6 Å². The third-order valence-electron chi connectivity index (χ3n) is 6.13. The molecule has 2 atom stereocenters. The van der Waals surface area contributed by atoms with Crippen LogP contribution in [0.3, 0.4) is 0 Å². The number of nitrogens with zero attached hydrogens (tertiary/aromatic N) is 5. The van der Waals surface area contributed by atoms with Crippen molar-refractivity contribution in [3.8, 4) is 5.75 Å². The molecule has 3 heterocycles. The van der Waals surface area contributed by atoms with E-state index >= 15 is 0 Å². The molecule has 1 saturated heterocycles. The van der Waals surface area contributed by atoms with Crippen LogP contribution in [0.2, 0.25) is 5.02 Å². The maximum atomic E-state index is 13.4. The second kappa shape index (κ2) is 9.12. The summed E-state index contributed by atoms with van der Waals surface area (Å²) >= 11 is 6.44. The third-order valence-corrected chi connectivity index (χ3v) is 6.49. The van der Waals surface area contributed by atoms with Crippen LogP contribution in [0, 0.1) is 5.92 Å². The predicted octanol–water partition coefficient (Wildman–Crippen LogP) is 3.43. The van der Waals surface area contributed by atoms with Crippen molar-refractivity contribution < 1.29 is 28.2 Å². The predicted molar refractivity (Wildman–Crippen MR) is 113 cm³/mol. The van der Waals surface area contributed by atoms with Gasteiger partial charge in [-0.3, -0.25) is 9.69 Å². The minimum atomic E-state index is -2.78. The van der Waals surface area contributed by atoms with Crippen molar-refractivity contribution in [1.29, 1.82) is 0 Å². The lowest BCUT2D eigenvalue weighted by Crippen LogP contribution is -2.45. The molecule has 0 radical (unpaired) electrons. The molecule has 12 heteroatoms. The zero-order valence-corrected chi connectivity index (χ0v) is 18.9. The van der Waals surface area contributed by atoms with E-state index in [4.69, 9.17) is 16.3 Å². The van der Waals surface area contributed by atoms with Crippen LogP contribution in [0.4, 0.5) is 13.6 Å². The molecule has 33 heavy (non-hydrogen) atoms. The molecule has 2 amide bonds. The number of hydrogen-bond acceptors (Lipinski definition) is 5. The fourth-order valence-electron chi connectivity index (χ4n) is 4.60. The van der Waals surface area contributed by atoms with Crippen molar-refractivity contribution in [3.05, 3.63) is 39.7 Å². The maximum absolute atomic E-state index is 13.4. The van der Waals surface area contributed by atoms with Gasteiger partial charge in [0.1, 0.15) is 23.7 Å². The molecule has 0 unspecified atom stereocenters. The molecule has 0 spiro atoms. The molecule has 178 valence electrons. The first kappa shape index (κ1) is 23.2. The van der Waals surface area contributed by atoms with Crippen LogP contribution in [0.25, 0.3) is 0 Å². The van der Waals surface area contributed by atoms with Gasteiger partial charge in [-0.15, -0.1) is 5.10 Å². The molecule has 0 aliphatic carbocycles. The second-order valence-electron chi connectivity index (χ2n) is 8.42. The molecule has 1 aromatic heterocycles. The van der Waals surface area contributed by atoms with E-state index in [9.17, 15) is 23.5 Å². The number of hydrogen-bond donors (Lipinski definition) is 1. The lowest BCUT2D eigenvalue weighted by Gasteiger charge is -2.38. The van der Waals surface area contributed by atoms with E-state index < -0.39 is 18.6 Å². The summed E-state index contributed by atoms with van der Waals surface area (Å²) in [4.78, 5) is 27.4. The molecule has 1 aromatic carbocycles. The van der Waals surface area contributed by atoms with Gasteiger partial charge >= 0.3 is 6.09 Å². The number of ether oxygens (including phenoxy) is 1. The number of carbonyl (C=O) groups is 2. The van der Waals surface area contributed by atoms with Gasteiger partial charge < -0.3 is 14.7 Å². The van der Waals surface area contributed by atoms with Crippen LogP contribution in [0.5, 0.6) is 5.75 Å². The SMILES string of the molecule is C[C@@H]1CC(=O)N(C[C@@H]2c3c(OCc4nnn(C)c4C(F)F)ccc(Cl)c3CCN2C(=O)O)C1. The fraction of sp³-hybridized carbons (Fsp3) is 0.524. The first-order valence-corrected chi connectivity index (χ1v) is 10.9. The minimum Gasteiger partial charge on any atom is -0.487 e. The normalized spacial score (nSPS) is 20.5. The largest absolute Gasteiger partial charge is 0.487 e. The molecule has 2 aliphatic heterocycles. The van der Waals surface area contributed by atoms with Gasteiger partial charge in [0.05, 0.1) is 6.04 Å². The Morgan fingerprint density at radius 1 is 1.39 bits per heavy atom. The number of benzene rings is 1. The first-order valence-electron chi connectivity index (χ1n) is 10.5. The summed E-state index contributed by atoms with van der Waals surface area (Å²) in [6, 6.07) is 2.52. The van der Waals surface area contributed by atoms with Crippen molar-refractivity contribution in [3.63, 3.8) is 0 Å². The highest BCUT2D eigenvalue weighted by Gasteiger charge is 2.38. The van der Waals surface area contributed by atoms with E-state index in [1.54, 1.807) is 17.0 Å². The summed E-state index contributed by atoms with van der Waals surface area (Å²) in [5.74, 6) is 0.458. The lowest BCUT2D eigenvalue weighted by molar-refractivity contribution is -0.128. The van der Waals surface area contributed by atoms with Crippen molar-refractivity contribution in [2.75, 3.05) is 19.6 Å². The number of amides is 2. The molecule has 9 nitrogen and oxygen atoms in total. The number of carboxylic acid groups (broad SMARTS) is 1. The average Bonchev–Trinajstić information content (AvgIpc) is 3.28. The van der Waals surface area contributed by atoms with E-state index in [0.29, 0.717) is 35.7 Å². The van der Waals surface area contributed by atoms with Gasteiger partial charge in [-0.1, -0.05) is 23.7 Å². The van der Waals surface area contributed by atoms with Gasteiger partial charge in [0.25, 0.3) is 6.43 Å². The number of carbonyl (C=O) groups excluding carboxylic acids is 1. The zero-order valence-electron chi connectivity index (χ0n) is 18.2. The van der Waals surface area contributed by atoms with Crippen molar-refractivity contribution >= 4 is 23.6 Å². The van der Waals surface area contributed by atoms with Crippen LogP contribution in [-0.2, 0) is 24.9 Å². The minimum absolute atomic E-state index is 0.0119. The van der Waals surface area contributed by atoms with Crippen molar-refractivity contribution in [1.82, 2.24) is 24.8 Å². The average molecular weight is 484 g/mol. The molecular formula is C21H24ClF2N5O4. The van der Waals surface area contributed by atoms with Crippen molar-refractivity contribution in [2.45, 2.75) is 38.8 Å². The van der Waals surface area contributed by atoms with Gasteiger partial charge in [0, 0.05) is 43.7 Å². The topological polar surface area (TPSA) is 101 Å². The monoisotopic (exact) mass is 483 g/mol. The Labute approximate surface area is 193 Å². The van der Waals surface area contributed by atoms with E-state index in [2.05, 4.69) is 10.3 Å². The van der Waals surface area contributed by atoms with E-state index in [0.717, 1.165) is 10.2 Å². The summed E-state index contributed by atoms with van der Waals surface area (Å²) in [6.07, 6.45) is -3.12. The van der Waals surface area contributed by atoms with Gasteiger partial charge in [-0.2, -0.15) is 0 Å². The van der Waals surface area contributed by atoms with Gasteiger partial charge in [-0.05, 0) is 30.0 Å². The van der Waals surface area contributed by atoms with Gasteiger partial charge in [-0.25, -0.2) is 18.3 Å². The lowest BCUT2D eigenvalue weighted by atomic mass is 9.91. The summed E-state index contributed by atoms with van der Waals surface area (Å²) in [5, 5.41) is 17.7. The number of fused-ring (bicyclic) bond motifs is 1. The second-order valence-corrected chi connectivity index (χ2v) is 8.83. The fourth-order valence-corrected chi connectivity index (χ4v) is 4.86. The molecule has 2 aliphatic rings. The number of alkyl halides is 2. The van der Waals surface area contributed by atoms with Crippen LogP contribution < -0.4 is 4.74 Å². The molecule has 1 N–H and O–H groups in total. The maximum Gasteiger partial charge on any atom is 0.407 e. The molecule has 1 fully saturated rings. The van der Waals surface area contributed by atoms with Gasteiger partial charge in [0.2, 0.25) is 5.91 Å². The molecule has 0 bridgehead atoms. The first-order chi connectivity index (χ1) is 15.7. The zero-order chi connectivity index (χ0) is 23.9. The van der Waals surface area contributed by atoms with Crippen molar-refractivity contribution in [2.24, 2.45) is 13.0 Å². The summed E-state index contributed by atoms with van der Waals surface area (Å²) < 4.78 is 33.7. The highest BCUT2D eigenvalue weighted by molar-refractivity contribution is 6.31. The molecule has 0 saturated carbocycles. The number of aromatic nitrogens is 3. The summed E-state index contributed by atoms with van der Waals surface area (Å²) in [7, 11) is 1.37. The number of aryl methyl sites for hydroxylation is 1. The Bertz CT molecular complexity index is 1080. The van der Waals surface area contributed by atoms with Gasteiger partial charge in [0.15, 0.2) is 0 Å². The highest BCUT2D eigenvalue weighted by atomic mass is 35.5. The van der Waals surface area contributed by atoms with Crippen LogP contribution in [0.15, 0.2) is 12.1 Å². The highest BCUT2D eigenvalue weighted by Crippen LogP contribution is 2.41. The standard InChI is InChI=1S/C21H24ClF2N5O4/c1-11-7-17(30)28(8-11)9-15-18-12(5-6-29(15)21(31)32)13(22)3-4-16(18)33-10-14-19(20(23)24)27(2)26-25-14/h3-4,11,15,20H,5-10H2,1-2H3,(H,31,32)/t11-,15-/m1/s1. The molecule has 4 rings (SSSR count). The van der Waals surface area contributed by atoms with Crippen LogP contribution in [-0.4, -0.2) is 61.5 Å². The molecular weight excluding hydrogens is 460 g/mol. The Morgan fingerprint density at radius 3 is 2.79 bits per heavy atom. The number of rotatable bonds is 6. The number of likely N-dealkylation sites (tertiary alicyclic amines) is 1. The van der Waals surface area contributed by atoms with E-state index in [1.807, 2.05) is 6.92 Å². The smallest absolute Gasteiger partial charge is 0.407 e. The Hall–Kier alpha value is -2.95. The Kier molecular flexibility index (Phi) is 6.42. The Morgan fingerprint density at radius 2 is 2.15 bits per heavy atom. The van der Waals surface area contributed by atoms with E-state index in [-0.39, 0.29) is 42.9 Å². The number of halogens is 3. The van der Waals surface area contributed by atoms with E-state index in [1.165, 1.54) is 11.9 Å². The summed E-state index contributed by atoms with van der Waals surface area (Å²) in [5.41, 5.74) is 0.913. The van der Waals surface area contributed by atoms with Crippen LogP contribution in [0.1, 0.15) is 48.3 Å². The summed E-state index contributed by atoms with van der Waals surface area (Å²) in [6.45, 7) is 2.60. The third kappa shape index (κ3) is 4.46. The molecule has 2 aromatic rings. The Balaban J connectivity index is 1.69.